The summed E-state index contributed by atoms with van der Waals surface area (Å²) < 4.78 is 4.81. The zero-order chi connectivity index (χ0) is 13.0. The molecule has 1 aliphatic heterocycles. The number of piperidine rings is 1. The van der Waals surface area contributed by atoms with Crippen molar-refractivity contribution in [1.29, 1.82) is 0 Å². The molecule has 4 heteroatoms. The van der Waals surface area contributed by atoms with Gasteiger partial charge in [-0.3, -0.25) is 4.79 Å². The van der Waals surface area contributed by atoms with Crippen LogP contribution in [0.3, 0.4) is 0 Å². The van der Waals surface area contributed by atoms with Gasteiger partial charge < -0.3 is 9.64 Å². The van der Waals surface area contributed by atoms with Gasteiger partial charge in [-0.2, -0.15) is 0 Å². The number of likely N-dealkylation sites (tertiary alicyclic amines) is 1. The van der Waals surface area contributed by atoms with Gasteiger partial charge in [0.15, 0.2) is 0 Å². The molecule has 0 aromatic carbocycles. The Bertz CT molecular complexity index is 351. The SMILES string of the molecule is COC(=O)C1CCCCN1C(=O)C1CC=CCC1. The van der Waals surface area contributed by atoms with Crippen LogP contribution < -0.4 is 0 Å². The molecule has 4 nitrogen and oxygen atoms in total. The lowest BCUT2D eigenvalue weighted by Gasteiger charge is -2.36. The van der Waals surface area contributed by atoms with Crippen molar-refractivity contribution in [3.8, 4) is 0 Å². The standard InChI is InChI=1S/C14H21NO3/c1-18-14(17)12-9-5-6-10-15(12)13(16)11-7-3-2-4-8-11/h2-3,11-12H,4-10H2,1H3. The van der Waals surface area contributed by atoms with Crippen molar-refractivity contribution in [3.05, 3.63) is 12.2 Å². The average Bonchev–Trinajstić information content (AvgIpc) is 2.46. The van der Waals surface area contributed by atoms with Crippen LogP contribution in [0.5, 0.6) is 0 Å². The zero-order valence-electron chi connectivity index (χ0n) is 10.9. The summed E-state index contributed by atoms with van der Waals surface area (Å²) in [6.07, 6.45) is 9.59. The molecule has 2 rings (SSSR count). The van der Waals surface area contributed by atoms with Gasteiger partial charge in [-0.05, 0) is 38.5 Å². The van der Waals surface area contributed by atoms with Crippen LogP contribution >= 0.6 is 0 Å². The van der Waals surface area contributed by atoms with Gasteiger partial charge in [0.1, 0.15) is 6.04 Å². The van der Waals surface area contributed by atoms with Gasteiger partial charge in [0.05, 0.1) is 7.11 Å². The molecular formula is C14H21NO3. The second kappa shape index (κ2) is 6.03. The van der Waals surface area contributed by atoms with E-state index in [2.05, 4.69) is 12.2 Å². The minimum Gasteiger partial charge on any atom is -0.467 e. The molecule has 0 radical (unpaired) electrons. The molecular weight excluding hydrogens is 230 g/mol. The summed E-state index contributed by atoms with van der Waals surface area (Å²) in [5, 5.41) is 0. The van der Waals surface area contributed by atoms with Crippen LogP contribution in [0.1, 0.15) is 38.5 Å². The van der Waals surface area contributed by atoms with Crippen molar-refractivity contribution in [2.24, 2.45) is 5.92 Å². The highest BCUT2D eigenvalue weighted by atomic mass is 16.5. The Morgan fingerprint density at radius 1 is 1.22 bits per heavy atom. The summed E-state index contributed by atoms with van der Waals surface area (Å²) in [5.74, 6) is -0.0795. The van der Waals surface area contributed by atoms with Gasteiger partial charge in [0.2, 0.25) is 5.91 Å². The molecule has 1 heterocycles. The first-order valence-corrected chi connectivity index (χ1v) is 6.77. The molecule has 1 amide bonds. The number of allylic oxidation sites excluding steroid dienone is 2. The molecule has 0 N–H and O–H groups in total. The highest BCUT2D eigenvalue weighted by Crippen LogP contribution is 2.25. The van der Waals surface area contributed by atoms with E-state index >= 15 is 0 Å². The molecule has 0 aromatic heterocycles. The summed E-state index contributed by atoms with van der Waals surface area (Å²) >= 11 is 0. The molecule has 2 aliphatic rings. The first-order valence-electron chi connectivity index (χ1n) is 6.77. The average molecular weight is 251 g/mol. The normalized spacial score (nSPS) is 27.9. The lowest BCUT2D eigenvalue weighted by molar-refractivity contribution is -0.156. The Labute approximate surface area is 108 Å². The highest BCUT2D eigenvalue weighted by Gasteiger charge is 2.35. The Hall–Kier alpha value is -1.32. The van der Waals surface area contributed by atoms with E-state index in [9.17, 15) is 9.59 Å². The number of amides is 1. The number of methoxy groups -OCH3 is 1. The van der Waals surface area contributed by atoms with E-state index in [1.165, 1.54) is 7.11 Å². The van der Waals surface area contributed by atoms with Crippen LogP contribution in [-0.4, -0.2) is 36.5 Å². The van der Waals surface area contributed by atoms with E-state index in [4.69, 9.17) is 4.74 Å². The molecule has 0 spiro atoms. The lowest BCUT2D eigenvalue weighted by Crippen LogP contribution is -2.50. The van der Waals surface area contributed by atoms with Gasteiger partial charge in [-0.15, -0.1) is 0 Å². The second-order valence-electron chi connectivity index (χ2n) is 5.05. The molecule has 1 aliphatic carbocycles. The summed E-state index contributed by atoms with van der Waals surface area (Å²) in [5.41, 5.74) is 0. The maximum absolute atomic E-state index is 12.5. The molecule has 2 unspecified atom stereocenters. The Morgan fingerprint density at radius 3 is 2.72 bits per heavy atom. The van der Waals surface area contributed by atoms with E-state index in [1.807, 2.05) is 0 Å². The van der Waals surface area contributed by atoms with Gasteiger partial charge in [-0.1, -0.05) is 12.2 Å². The third kappa shape index (κ3) is 2.74. The number of ether oxygens (including phenoxy) is 1. The largest absolute Gasteiger partial charge is 0.467 e. The van der Waals surface area contributed by atoms with Crippen LogP contribution in [0.15, 0.2) is 12.2 Å². The second-order valence-corrected chi connectivity index (χ2v) is 5.05. The fourth-order valence-corrected chi connectivity index (χ4v) is 2.83. The van der Waals surface area contributed by atoms with Gasteiger partial charge in [0, 0.05) is 12.5 Å². The van der Waals surface area contributed by atoms with E-state index in [0.29, 0.717) is 6.54 Å². The van der Waals surface area contributed by atoms with Crippen LogP contribution in [0.2, 0.25) is 0 Å². The third-order valence-electron chi connectivity index (χ3n) is 3.88. The Kier molecular flexibility index (Phi) is 4.39. The number of rotatable bonds is 2. The van der Waals surface area contributed by atoms with E-state index in [0.717, 1.165) is 38.5 Å². The number of carbonyl (C=O) groups is 2. The quantitative estimate of drug-likeness (QED) is 0.556. The highest BCUT2D eigenvalue weighted by molar-refractivity contribution is 5.86. The monoisotopic (exact) mass is 251 g/mol. The number of carbonyl (C=O) groups excluding carboxylic acids is 2. The maximum atomic E-state index is 12.5. The van der Waals surface area contributed by atoms with Crippen molar-refractivity contribution >= 4 is 11.9 Å². The predicted molar refractivity (Wildman–Crippen MR) is 67.8 cm³/mol. The number of nitrogens with zero attached hydrogens (tertiary/aromatic N) is 1. The molecule has 0 saturated carbocycles. The van der Waals surface area contributed by atoms with Crippen LogP contribution in [0, 0.1) is 5.92 Å². The predicted octanol–water partition coefficient (Wildman–Crippen LogP) is 1.90. The molecule has 1 fully saturated rings. The van der Waals surface area contributed by atoms with E-state index < -0.39 is 0 Å². The molecule has 100 valence electrons. The van der Waals surface area contributed by atoms with E-state index in [1.54, 1.807) is 4.90 Å². The van der Waals surface area contributed by atoms with Crippen molar-refractivity contribution in [2.75, 3.05) is 13.7 Å². The Balaban J connectivity index is 2.05. The van der Waals surface area contributed by atoms with Gasteiger partial charge in [0.25, 0.3) is 0 Å². The fraction of sp³-hybridized carbons (Fsp3) is 0.714. The summed E-state index contributed by atoms with van der Waals surface area (Å²) in [7, 11) is 1.39. The lowest BCUT2D eigenvalue weighted by atomic mass is 9.91. The summed E-state index contributed by atoms with van der Waals surface area (Å²) in [4.78, 5) is 26.0. The van der Waals surface area contributed by atoms with Gasteiger partial charge >= 0.3 is 5.97 Å². The first kappa shape index (κ1) is 13.1. The first-order chi connectivity index (χ1) is 8.74. The fourth-order valence-electron chi connectivity index (χ4n) is 2.83. The van der Waals surface area contributed by atoms with Crippen LogP contribution in [-0.2, 0) is 14.3 Å². The summed E-state index contributed by atoms with van der Waals surface area (Å²) in [6.45, 7) is 0.693. The number of hydrogen-bond donors (Lipinski definition) is 0. The third-order valence-corrected chi connectivity index (χ3v) is 3.88. The van der Waals surface area contributed by atoms with E-state index in [-0.39, 0.29) is 23.8 Å². The topological polar surface area (TPSA) is 46.6 Å². The van der Waals surface area contributed by atoms with Crippen molar-refractivity contribution < 1.29 is 14.3 Å². The Morgan fingerprint density at radius 2 is 2.06 bits per heavy atom. The zero-order valence-corrected chi connectivity index (χ0v) is 10.9. The molecule has 18 heavy (non-hydrogen) atoms. The van der Waals surface area contributed by atoms with Crippen molar-refractivity contribution in [3.63, 3.8) is 0 Å². The molecule has 2 atom stereocenters. The molecule has 0 bridgehead atoms. The minimum absolute atomic E-state index is 0.0558. The minimum atomic E-state index is -0.359. The number of esters is 1. The van der Waals surface area contributed by atoms with Crippen molar-refractivity contribution in [2.45, 2.75) is 44.6 Å². The van der Waals surface area contributed by atoms with Crippen LogP contribution in [0.25, 0.3) is 0 Å². The smallest absolute Gasteiger partial charge is 0.328 e. The van der Waals surface area contributed by atoms with Crippen molar-refractivity contribution in [1.82, 2.24) is 4.90 Å². The molecule has 1 saturated heterocycles. The molecule has 0 aromatic rings. The number of hydrogen-bond acceptors (Lipinski definition) is 3. The maximum Gasteiger partial charge on any atom is 0.328 e. The summed E-state index contributed by atoms with van der Waals surface area (Å²) in [6, 6.07) is -0.359. The van der Waals surface area contributed by atoms with Gasteiger partial charge in [-0.25, -0.2) is 4.79 Å². The van der Waals surface area contributed by atoms with Crippen LogP contribution in [0.4, 0.5) is 0 Å².